The molecule has 1 aromatic heterocycles. The van der Waals surface area contributed by atoms with Gasteiger partial charge in [0.05, 0.1) is 4.90 Å². The normalized spacial score (nSPS) is 12.4. The lowest BCUT2D eigenvalue weighted by molar-refractivity contribution is 0.321. The maximum absolute atomic E-state index is 12.0. The molecule has 2 aromatic rings. The minimum Gasteiger partial charge on any atom is -0.337 e. The number of aromatic nitrogens is 2. The van der Waals surface area contributed by atoms with E-state index in [2.05, 4.69) is 14.9 Å². The zero-order chi connectivity index (χ0) is 14.1. The highest BCUT2D eigenvalue weighted by Crippen LogP contribution is 2.22. The maximum atomic E-state index is 12.0. The molecule has 0 aliphatic carbocycles. The second kappa shape index (κ2) is 4.65. The van der Waals surface area contributed by atoms with Crippen LogP contribution in [0.3, 0.4) is 0 Å². The Kier molecular flexibility index (Phi) is 3.32. The number of benzene rings is 1. The van der Waals surface area contributed by atoms with Gasteiger partial charge in [0.25, 0.3) is 16.0 Å². The molecular formula is C12H15N3O3S. The number of anilines is 1. The van der Waals surface area contributed by atoms with Crippen molar-refractivity contribution in [1.82, 2.24) is 10.1 Å². The smallest absolute Gasteiger partial charge is 0.277 e. The van der Waals surface area contributed by atoms with E-state index in [1.54, 1.807) is 18.2 Å². The Labute approximate surface area is 111 Å². The summed E-state index contributed by atoms with van der Waals surface area (Å²) in [6.45, 7) is 5.70. The van der Waals surface area contributed by atoms with Gasteiger partial charge in [0.15, 0.2) is 0 Å². The molecule has 1 aromatic carbocycles. The molecule has 0 amide bonds. The lowest BCUT2D eigenvalue weighted by Crippen LogP contribution is -2.15. The fraction of sp³-hybridized carbons (Fsp3) is 0.333. The predicted octanol–water partition coefficient (Wildman–Crippen LogP) is 2.17. The molecule has 0 unspecified atom stereocenters. The van der Waals surface area contributed by atoms with Crippen LogP contribution in [0.1, 0.15) is 26.7 Å². The summed E-state index contributed by atoms with van der Waals surface area (Å²) in [7, 11) is -3.68. The molecule has 0 saturated heterocycles. The van der Waals surface area contributed by atoms with Gasteiger partial charge >= 0.3 is 0 Å². The van der Waals surface area contributed by atoms with E-state index in [0.29, 0.717) is 5.89 Å². The molecule has 0 aliphatic heterocycles. The van der Waals surface area contributed by atoms with Gasteiger partial charge in [-0.15, -0.1) is 0 Å². The Morgan fingerprint density at radius 1 is 1.16 bits per heavy atom. The lowest BCUT2D eigenvalue weighted by atomic mass is 9.97. The van der Waals surface area contributed by atoms with Crippen molar-refractivity contribution in [3.8, 4) is 0 Å². The summed E-state index contributed by atoms with van der Waals surface area (Å²) in [5.74, 6) is 0.312. The molecule has 0 radical (unpaired) electrons. The van der Waals surface area contributed by atoms with E-state index in [-0.39, 0.29) is 16.3 Å². The molecule has 0 saturated carbocycles. The zero-order valence-electron chi connectivity index (χ0n) is 10.9. The molecule has 1 heterocycles. The van der Waals surface area contributed by atoms with Crippen molar-refractivity contribution in [3.05, 3.63) is 36.2 Å². The average molecular weight is 281 g/mol. The van der Waals surface area contributed by atoms with Gasteiger partial charge in [-0.1, -0.05) is 39.0 Å². The monoisotopic (exact) mass is 281 g/mol. The van der Waals surface area contributed by atoms with Crippen LogP contribution in [0.2, 0.25) is 0 Å². The summed E-state index contributed by atoms with van der Waals surface area (Å²) in [5, 5.41) is 3.62. The highest BCUT2D eigenvalue weighted by molar-refractivity contribution is 7.92. The molecule has 7 heteroatoms. The first kappa shape index (κ1) is 13.5. The van der Waals surface area contributed by atoms with E-state index in [1.807, 2.05) is 20.8 Å². The van der Waals surface area contributed by atoms with Crippen LogP contribution in [-0.2, 0) is 15.4 Å². The van der Waals surface area contributed by atoms with E-state index in [9.17, 15) is 8.42 Å². The van der Waals surface area contributed by atoms with Crippen LogP contribution in [0.4, 0.5) is 5.95 Å². The van der Waals surface area contributed by atoms with Crippen molar-refractivity contribution in [2.45, 2.75) is 31.1 Å². The minimum absolute atomic E-state index is 0.0613. The number of rotatable bonds is 3. The van der Waals surface area contributed by atoms with E-state index >= 15 is 0 Å². The second-order valence-corrected chi connectivity index (χ2v) is 6.77. The molecule has 0 aliphatic rings. The fourth-order valence-corrected chi connectivity index (χ4v) is 2.30. The second-order valence-electron chi connectivity index (χ2n) is 5.09. The van der Waals surface area contributed by atoms with Crippen LogP contribution in [0.15, 0.2) is 39.8 Å². The molecule has 0 spiro atoms. The Morgan fingerprint density at radius 3 is 2.32 bits per heavy atom. The SMILES string of the molecule is CC(C)(C)c1nc(NS(=O)(=O)c2ccccc2)no1. The first-order chi connectivity index (χ1) is 8.79. The van der Waals surface area contributed by atoms with Crippen molar-refractivity contribution < 1.29 is 12.9 Å². The maximum Gasteiger partial charge on any atom is 0.277 e. The van der Waals surface area contributed by atoms with Gasteiger partial charge in [0.2, 0.25) is 5.89 Å². The average Bonchev–Trinajstić information content (AvgIpc) is 2.78. The third-order valence-electron chi connectivity index (χ3n) is 2.35. The van der Waals surface area contributed by atoms with Crippen LogP contribution >= 0.6 is 0 Å². The molecule has 102 valence electrons. The lowest BCUT2D eigenvalue weighted by Gasteiger charge is -2.10. The van der Waals surface area contributed by atoms with E-state index in [4.69, 9.17) is 4.52 Å². The molecule has 0 atom stereocenters. The molecule has 0 bridgehead atoms. The van der Waals surface area contributed by atoms with Crippen LogP contribution in [-0.4, -0.2) is 18.6 Å². The Balaban J connectivity index is 2.25. The Bertz CT molecular complexity index is 657. The molecule has 6 nitrogen and oxygen atoms in total. The number of nitrogens with zero attached hydrogens (tertiary/aromatic N) is 2. The number of hydrogen-bond donors (Lipinski definition) is 1. The summed E-state index contributed by atoms with van der Waals surface area (Å²) in [6, 6.07) is 8.02. The van der Waals surface area contributed by atoms with Gasteiger partial charge in [-0.05, 0) is 17.3 Å². The van der Waals surface area contributed by atoms with Crippen molar-refractivity contribution in [3.63, 3.8) is 0 Å². The third kappa shape index (κ3) is 3.11. The number of sulfonamides is 1. The van der Waals surface area contributed by atoms with Crippen molar-refractivity contribution in [2.75, 3.05) is 4.72 Å². The summed E-state index contributed by atoms with van der Waals surface area (Å²) in [5.41, 5.74) is -0.330. The highest BCUT2D eigenvalue weighted by atomic mass is 32.2. The van der Waals surface area contributed by atoms with Gasteiger partial charge in [-0.25, -0.2) is 13.1 Å². The summed E-state index contributed by atoms with van der Waals surface area (Å²) >= 11 is 0. The minimum atomic E-state index is -3.68. The van der Waals surface area contributed by atoms with Crippen LogP contribution < -0.4 is 4.72 Å². The van der Waals surface area contributed by atoms with Gasteiger partial charge in [-0.2, -0.15) is 4.98 Å². The van der Waals surface area contributed by atoms with Gasteiger partial charge in [-0.3, -0.25) is 0 Å². The van der Waals surface area contributed by atoms with Gasteiger partial charge in [0.1, 0.15) is 0 Å². The summed E-state index contributed by atoms with van der Waals surface area (Å²) < 4.78 is 31.4. The van der Waals surface area contributed by atoms with Crippen molar-refractivity contribution >= 4 is 16.0 Å². The van der Waals surface area contributed by atoms with Crippen molar-refractivity contribution in [2.24, 2.45) is 0 Å². The molecule has 19 heavy (non-hydrogen) atoms. The Morgan fingerprint density at radius 2 is 1.79 bits per heavy atom. The fourth-order valence-electron chi connectivity index (χ4n) is 1.35. The first-order valence-electron chi connectivity index (χ1n) is 5.71. The van der Waals surface area contributed by atoms with E-state index in [0.717, 1.165) is 0 Å². The van der Waals surface area contributed by atoms with Crippen molar-refractivity contribution in [1.29, 1.82) is 0 Å². The van der Waals surface area contributed by atoms with Crippen LogP contribution in [0.5, 0.6) is 0 Å². The standard InChI is InChI=1S/C12H15N3O3S/c1-12(2,3)10-13-11(14-18-10)15-19(16,17)9-7-5-4-6-8-9/h4-8H,1-3H3,(H,14,15). The molecule has 0 fully saturated rings. The number of hydrogen-bond acceptors (Lipinski definition) is 5. The largest absolute Gasteiger partial charge is 0.337 e. The predicted molar refractivity (Wildman–Crippen MR) is 70.2 cm³/mol. The van der Waals surface area contributed by atoms with E-state index in [1.165, 1.54) is 12.1 Å². The van der Waals surface area contributed by atoms with Gasteiger partial charge in [0, 0.05) is 5.41 Å². The first-order valence-corrected chi connectivity index (χ1v) is 7.19. The molecule has 1 N–H and O–H groups in total. The molecular weight excluding hydrogens is 266 g/mol. The van der Waals surface area contributed by atoms with E-state index < -0.39 is 10.0 Å². The zero-order valence-corrected chi connectivity index (χ0v) is 11.7. The summed E-state index contributed by atoms with van der Waals surface area (Å²) in [4.78, 5) is 4.17. The van der Waals surface area contributed by atoms with Gasteiger partial charge < -0.3 is 4.52 Å². The van der Waals surface area contributed by atoms with Crippen LogP contribution in [0.25, 0.3) is 0 Å². The highest BCUT2D eigenvalue weighted by Gasteiger charge is 2.23. The number of nitrogens with one attached hydrogen (secondary N) is 1. The topological polar surface area (TPSA) is 85.1 Å². The van der Waals surface area contributed by atoms with Crippen LogP contribution in [0, 0.1) is 0 Å². The molecule has 2 rings (SSSR count). The summed E-state index contributed by atoms with van der Waals surface area (Å²) in [6.07, 6.45) is 0. The quantitative estimate of drug-likeness (QED) is 0.931. The third-order valence-corrected chi connectivity index (χ3v) is 3.69. The Hall–Kier alpha value is -1.89.